The molecular formula is C17H23N5O2. The molecule has 0 aliphatic carbocycles. The van der Waals surface area contributed by atoms with E-state index in [1.54, 1.807) is 23.0 Å². The normalized spacial score (nSPS) is 18.3. The first-order valence-electron chi connectivity index (χ1n) is 8.22. The van der Waals surface area contributed by atoms with Gasteiger partial charge in [0, 0.05) is 20.2 Å². The summed E-state index contributed by atoms with van der Waals surface area (Å²) in [5.74, 6) is 0. The number of ether oxygens (including phenoxy) is 1. The molecule has 1 aromatic heterocycles. The smallest absolute Gasteiger partial charge is 0.317 e. The van der Waals surface area contributed by atoms with Crippen molar-refractivity contribution in [3.8, 4) is 5.69 Å². The van der Waals surface area contributed by atoms with Gasteiger partial charge < -0.3 is 15.0 Å². The summed E-state index contributed by atoms with van der Waals surface area (Å²) in [7, 11) is 1.81. The van der Waals surface area contributed by atoms with Crippen LogP contribution in [-0.4, -0.2) is 52.0 Å². The third-order valence-electron chi connectivity index (χ3n) is 4.47. The summed E-state index contributed by atoms with van der Waals surface area (Å²) in [5.41, 5.74) is 2.00. The Morgan fingerprint density at radius 3 is 2.88 bits per heavy atom. The number of benzene rings is 1. The van der Waals surface area contributed by atoms with Gasteiger partial charge in [0.1, 0.15) is 12.7 Å². The van der Waals surface area contributed by atoms with E-state index in [4.69, 9.17) is 4.74 Å². The van der Waals surface area contributed by atoms with Gasteiger partial charge in [-0.25, -0.2) is 14.5 Å². The number of hydrogen-bond acceptors (Lipinski definition) is 4. The standard InChI is InChI=1S/C17H23N5O2/c1-13(21(2)17(23)19-10-16-4-3-9-24-16)14-5-7-15(8-6-14)22-12-18-11-20-22/h5-8,11-13,16H,3-4,9-10H2,1-2H3,(H,19,23)/t13-,16+/m1/s1. The number of carbonyl (C=O) groups is 1. The van der Waals surface area contributed by atoms with E-state index in [1.807, 2.05) is 31.2 Å². The molecule has 3 rings (SSSR count). The molecule has 1 aromatic carbocycles. The molecule has 0 spiro atoms. The molecule has 0 bridgehead atoms. The van der Waals surface area contributed by atoms with E-state index < -0.39 is 0 Å². The van der Waals surface area contributed by atoms with Gasteiger partial charge in [0.05, 0.1) is 17.8 Å². The zero-order valence-electron chi connectivity index (χ0n) is 14.1. The summed E-state index contributed by atoms with van der Waals surface area (Å²) in [4.78, 5) is 18.0. The van der Waals surface area contributed by atoms with Crippen LogP contribution in [0.15, 0.2) is 36.9 Å². The van der Waals surface area contributed by atoms with Crippen LogP contribution in [0.1, 0.15) is 31.4 Å². The third kappa shape index (κ3) is 3.73. The molecule has 1 N–H and O–H groups in total. The molecule has 7 heteroatoms. The molecule has 1 fully saturated rings. The first kappa shape index (κ1) is 16.4. The van der Waals surface area contributed by atoms with Crippen molar-refractivity contribution in [1.82, 2.24) is 25.0 Å². The predicted octanol–water partition coefficient (Wildman–Crippen LogP) is 2.15. The summed E-state index contributed by atoms with van der Waals surface area (Å²) in [6, 6.07) is 7.84. The maximum Gasteiger partial charge on any atom is 0.317 e. The van der Waals surface area contributed by atoms with Gasteiger partial charge in [-0.2, -0.15) is 5.10 Å². The molecule has 2 aromatic rings. The van der Waals surface area contributed by atoms with E-state index in [2.05, 4.69) is 15.4 Å². The molecule has 1 aliphatic heterocycles. The Morgan fingerprint density at radius 1 is 1.46 bits per heavy atom. The Hall–Kier alpha value is -2.41. The second-order valence-corrected chi connectivity index (χ2v) is 6.04. The van der Waals surface area contributed by atoms with Crippen LogP contribution in [0.4, 0.5) is 4.79 Å². The van der Waals surface area contributed by atoms with E-state index >= 15 is 0 Å². The van der Waals surface area contributed by atoms with Crippen molar-refractivity contribution in [3.63, 3.8) is 0 Å². The summed E-state index contributed by atoms with van der Waals surface area (Å²) in [6.07, 6.45) is 5.40. The Bertz CT molecular complexity index is 650. The second kappa shape index (κ2) is 7.44. The number of nitrogens with one attached hydrogen (secondary N) is 1. The topological polar surface area (TPSA) is 72.3 Å². The molecule has 128 valence electrons. The number of carbonyl (C=O) groups excluding carboxylic acids is 1. The van der Waals surface area contributed by atoms with Crippen LogP contribution in [0.5, 0.6) is 0 Å². The van der Waals surface area contributed by atoms with Crippen molar-refractivity contribution in [2.75, 3.05) is 20.2 Å². The lowest BCUT2D eigenvalue weighted by atomic mass is 10.1. The summed E-state index contributed by atoms with van der Waals surface area (Å²) in [6.45, 7) is 3.38. The predicted molar refractivity (Wildman–Crippen MR) is 89.9 cm³/mol. The zero-order valence-corrected chi connectivity index (χ0v) is 14.1. The summed E-state index contributed by atoms with van der Waals surface area (Å²) < 4.78 is 7.23. The van der Waals surface area contributed by atoms with Gasteiger partial charge in [-0.15, -0.1) is 0 Å². The molecule has 2 heterocycles. The highest BCUT2D eigenvalue weighted by molar-refractivity contribution is 5.74. The monoisotopic (exact) mass is 329 g/mol. The Balaban J connectivity index is 1.57. The highest BCUT2D eigenvalue weighted by Gasteiger charge is 2.20. The molecule has 2 amide bonds. The fraction of sp³-hybridized carbons (Fsp3) is 0.471. The number of aromatic nitrogens is 3. The fourth-order valence-electron chi connectivity index (χ4n) is 2.78. The van der Waals surface area contributed by atoms with Crippen molar-refractivity contribution >= 4 is 6.03 Å². The molecule has 1 aliphatic rings. The van der Waals surface area contributed by atoms with E-state index in [1.165, 1.54) is 6.33 Å². The van der Waals surface area contributed by atoms with Gasteiger partial charge >= 0.3 is 6.03 Å². The summed E-state index contributed by atoms with van der Waals surface area (Å²) in [5, 5.41) is 7.05. The minimum Gasteiger partial charge on any atom is -0.376 e. The number of nitrogens with zero attached hydrogens (tertiary/aromatic N) is 4. The molecule has 0 radical (unpaired) electrons. The lowest BCUT2D eigenvalue weighted by Gasteiger charge is -2.26. The van der Waals surface area contributed by atoms with E-state index in [9.17, 15) is 4.79 Å². The molecule has 0 saturated carbocycles. The van der Waals surface area contributed by atoms with Gasteiger partial charge in [0.2, 0.25) is 0 Å². The highest BCUT2D eigenvalue weighted by Crippen LogP contribution is 2.20. The number of urea groups is 1. The van der Waals surface area contributed by atoms with Crippen LogP contribution in [-0.2, 0) is 4.74 Å². The fourth-order valence-corrected chi connectivity index (χ4v) is 2.78. The second-order valence-electron chi connectivity index (χ2n) is 6.04. The zero-order chi connectivity index (χ0) is 16.9. The van der Waals surface area contributed by atoms with Crippen LogP contribution in [0, 0.1) is 0 Å². The quantitative estimate of drug-likeness (QED) is 0.912. The van der Waals surface area contributed by atoms with E-state index in [0.29, 0.717) is 6.54 Å². The lowest BCUT2D eigenvalue weighted by molar-refractivity contribution is 0.108. The van der Waals surface area contributed by atoms with Gasteiger partial charge in [-0.1, -0.05) is 12.1 Å². The van der Waals surface area contributed by atoms with Gasteiger partial charge in [-0.3, -0.25) is 0 Å². The number of rotatable bonds is 5. The average molecular weight is 329 g/mol. The largest absolute Gasteiger partial charge is 0.376 e. The van der Waals surface area contributed by atoms with Gasteiger partial charge in [0.15, 0.2) is 0 Å². The van der Waals surface area contributed by atoms with E-state index in [0.717, 1.165) is 30.7 Å². The van der Waals surface area contributed by atoms with Crippen LogP contribution in [0.2, 0.25) is 0 Å². The average Bonchev–Trinajstić information content (AvgIpc) is 3.32. The van der Waals surface area contributed by atoms with Crippen molar-refractivity contribution in [3.05, 3.63) is 42.5 Å². The lowest BCUT2D eigenvalue weighted by Crippen LogP contribution is -2.41. The van der Waals surface area contributed by atoms with Crippen molar-refractivity contribution < 1.29 is 9.53 Å². The number of hydrogen-bond donors (Lipinski definition) is 1. The first-order valence-corrected chi connectivity index (χ1v) is 8.22. The Morgan fingerprint density at radius 2 is 2.25 bits per heavy atom. The van der Waals surface area contributed by atoms with Crippen LogP contribution in [0.3, 0.4) is 0 Å². The van der Waals surface area contributed by atoms with Crippen LogP contribution < -0.4 is 5.32 Å². The van der Waals surface area contributed by atoms with E-state index in [-0.39, 0.29) is 18.2 Å². The third-order valence-corrected chi connectivity index (χ3v) is 4.47. The SMILES string of the molecule is C[C@H](c1ccc(-n2cncn2)cc1)N(C)C(=O)NC[C@@H]1CCCO1. The highest BCUT2D eigenvalue weighted by atomic mass is 16.5. The molecular weight excluding hydrogens is 306 g/mol. The molecule has 2 atom stereocenters. The maximum atomic E-state index is 12.3. The molecule has 1 saturated heterocycles. The van der Waals surface area contributed by atoms with Crippen LogP contribution >= 0.6 is 0 Å². The Labute approximate surface area is 141 Å². The number of amides is 2. The van der Waals surface area contributed by atoms with Crippen molar-refractivity contribution in [2.24, 2.45) is 0 Å². The first-order chi connectivity index (χ1) is 11.6. The van der Waals surface area contributed by atoms with Gasteiger partial charge in [-0.05, 0) is 37.5 Å². The van der Waals surface area contributed by atoms with Crippen molar-refractivity contribution in [1.29, 1.82) is 0 Å². The summed E-state index contributed by atoms with van der Waals surface area (Å²) >= 11 is 0. The minimum atomic E-state index is -0.0849. The maximum absolute atomic E-state index is 12.3. The van der Waals surface area contributed by atoms with Crippen molar-refractivity contribution in [2.45, 2.75) is 31.9 Å². The van der Waals surface area contributed by atoms with Gasteiger partial charge in [0.25, 0.3) is 0 Å². The molecule has 0 unspecified atom stereocenters. The molecule has 24 heavy (non-hydrogen) atoms. The molecule has 7 nitrogen and oxygen atoms in total. The minimum absolute atomic E-state index is 0.0284. The van der Waals surface area contributed by atoms with Crippen LogP contribution in [0.25, 0.3) is 5.69 Å². The Kier molecular flexibility index (Phi) is 5.10.